The number of hydrogen-bond acceptors (Lipinski definition) is 8. The molecule has 4 rings (SSSR count). The average molecular weight is 580 g/mol. The molecule has 0 spiro atoms. The minimum absolute atomic E-state index is 0.0727. The van der Waals surface area contributed by atoms with Crippen molar-refractivity contribution in [3.05, 3.63) is 87.1 Å². The Bertz CT molecular complexity index is 1380. The number of nitro groups is 1. The van der Waals surface area contributed by atoms with Crippen LogP contribution >= 0.6 is 0 Å². The molecule has 2 aliphatic heterocycles. The summed E-state index contributed by atoms with van der Waals surface area (Å²) in [5.41, 5.74) is 0.100. The molecule has 2 aromatic carbocycles. The number of amides is 4. The summed E-state index contributed by atoms with van der Waals surface area (Å²) in [6, 6.07) is 11.7. The Hall–Kier alpha value is -4.78. The summed E-state index contributed by atoms with van der Waals surface area (Å²) in [4.78, 5) is 64.4. The van der Waals surface area contributed by atoms with Crippen LogP contribution in [0.25, 0.3) is 0 Å². The first-order valence-corrected chi connectivity index (χ1v) is 13.5. The van der Waals surface area contributed by atoms with E-state index in [1.165, 1.54) is 38.3 Å². The predicted octanol–water partition coefficient (Wildman–Crippen LogP) is 3.33. The van der Waals surface area contributed by atoms with Gasteiger partial charge in [0.1, 0.15) is 6.04 Å². The largest absolute Gasteiger partial charge is 0.478 e. The van der Waals surface area contributed by atoms with Crippen molar-refractivity contribution < 1.29 is 33.9 Å². The molecule has 13 heteroatoms. The lowest BCUT2D eigenvalue weighted by Gasteiger charge is -2.40. The van der Waals surface area contributed by atoms with Crippen LogP contribution in [0.4, 0.5) is 15.3 Å². The van der Waals surface area contributed by atoms with E-state index < -0.39 is 34.4 Å². The number of carbonyl (C=O) groups excluding carboxylic acids is 3. The molecule has 222 valence electrons. The van der Waals surface area contributed by atoms with E-state index in [-0.39, 0.29) is 35.0 Å². The Morgan fingerprint density at radius 1 is 1.12 bits per heavy atom. The maximum Gasteiger partial charge on any atom is 0.335 e. The number of carbonyl (C=O) groups is 4. The molecule has 4 amide bonds. The number of likely N-dealkylation sites (tertiary alicyclic amines) is 1. The number of piperidine rings is 1. The van der Waals surface area contributed by atoms with Gasteiger partial charge in [0, 0.05) is 24.4 Å². The number of carboxylic acids is 1. The van der Waals surface area contributed by atoms with Crippen LogP contribution in [0.1, 0.15) is 43.4 Å². The molecular formula is C29H33N5O8. The first kappa shape index (κ1) is 30.2. The first-order chi connectivity index (χ1) is 20.1. The fraction of sp³-hybridized carbons (Fsp3) is 0.379. The minimum atomic E-state index is -1.34. The second-order valence-corrected chi connectivity index (χ2v) is 10.3. The van der Waals surface area contributed by atoms with Gasteiger partial charge in [-0.25, -0.2) is 19.3 Å². The van der Waals surface area contributed by atoms with E-state index >= 15 is 0 Å². The number of ether oxygens (including phenoxy) is 1. The standard InChI is InChI=1S/C29H33N5O8/c1-19-23(25(35)36)24(20-9-11-22(12-10-20)34(40)41)33(28(39)31-19)27(38)30-15-6-16-32-17-13-29(14-18-32,26(37)42-2)21-7-4-3-5-8-21/h3-5,7-12,24H,6,13-18H2,1-2H3,(H,30,38)(H,31,39)(H,35,36). The van der Waals surface area contributed by atoms with Gasteiger partial charge in [-0.2, -0.15) is 0 Å². The van der Waals surface area contributed by atoms with Gasteiger partial charge in [-0.1, -0.05) is 30.3 Å². The number of allylic oxidation sites excluding steroid dienone is 1. The number of methoxy groups -OCH3 is 1. The van der Waals surface area contributed by atoms with Gasteiger partial charge in [-0.05, 0) is 69.1 Å². The number of aliphatic carboxylic acids is 1. The lowest BCUT2D eigenvalue weighted by atomic mass is 9.72. The number of nitrogens with zero attached hydrogens (tertiary/aromatic N) is 3. The number of imide groups is 1. The Morgan fingerprint density at radius 2 is 1.76 bits per heavy atom. The second kappa shape index (κ2) is 12.8. The zero-order chi connectivity index (χ0) is 30.4. The molecule has 2 aliphatic rings. The van der Waals surface area contributed by atoms with E-state index in [1.54, 1.807) is 0 Å². The van der Waals surface area contributed by atoms with Crippen molar-refractivity contribution in [3.8, 4) is 0 Å². The number of benzene rings is 2. The van der Waals surface area contributed by atoms with Crippen LogP contribution in [0.3, 0.4) is 0 Å². The van der Waals surface area contributed by atoms with Gasteiger partial charge in [0.2, 0.25) is 0 Å². The summed E-state index contributed by atoms with van der Waals surface area (Å²) in [5.74, 6) is -1.59. The molecule has 3 N–H and O–H groups in total. The van der Waals surface area contributed by atoms with Gasteiger partial charge in [-0.15, -0.1) is 0 Å². The van der Waals surface area contributed by atoms with Gasteiger partial charge >= 0.3 is 24.0 Å². The number of non-ortho nitro benzene ring substituents is 1. The van der Waals surface area contributed by atoms with Crippen molar-refractivity contribution in [3.63, 3.8) is 0 Å². The molecule has 1 saturated heterocycles. The number of rotatable bonds is 9. The highest BCUT2D eigenvalue weighted by Gasteiger charge is 2.44. The molecule has 0 radical (unpaired) electrons. The second-order valence-electron chi connectivity index (χ2n) is 10.3. The summed E-state index contributed by atoms with van der Waals surface area (Å²) in [7, 11) is 1.40. The van der Waals surface area contributed by atoms with Crippen LogP contribution in [0.15, 0.2) is 65.9 Å². The number of hydrogen-bond donors (Lipinski definition) is 3. The minimum Gasteiger partial charge on any atom is -0.478 e. The molecule has 13 nitrogen and oxygen atoms in total. The number of nitro benzene ring substituents is 1. The third-order valence-corrected chi connectivity index (χ3v) is 7.86. The number of nitrogens with one attached hydrogen (secondary N) is 2. The fourth-order valence-corrected chi connectivity index (χ4v) is 5.63. The van der Waals surface area contributed by atoms with Crippen LogP contribution < -0.4 is 10.6 Å². The summed E-state index contributed by atoms with van der Waals surface area (Å²) in [6.45, 7) is 3.56. The summed E-state index contributed by atoms with van der Waals surface area (Å²) in [5, 5.41) is 26.1. The maximum atomic E-state index is 13.2. The van der Waals surface area contributed by atoms with Gasteiger partial charge in [0.15, 0.2) is 0 Å². The number of esters is 1. The van der Waals surface area contributed by atoms with Crippen molar-refractivity contribution in [1.82, 2.24) is 20.4 Å². The molecule has 0 bridgehead atoms. The van der Waals surface area contributed by atoms with Crippen molar-refractivity contribution in [2.75, 3.05) is 33.3 Å². The van der Waals surface area contributed by atoms with Gasteiger partial charge < -0.3 is 25.4 Å². The summed E-state index contributed by atoms with van der Waals surface area (Å²) >= 11 is 0. The normalized spacial score (nSPS) is 18.7. The van der Waals surface area contributed by atoms with Gasteiger partial charge in [-0.3, -0.25) is 14.9 Å². The SMILES string of the molecule is COC(=O)C1(c2ccccc2)CCN(CCCNC(=O)N2C(=O)NC(C)=C(C(=O)O)C2c2ccc([N+](=O)[O-])cc2)CC1. The van der Waals surface area contributed by atoms with Crippen molar-refractivity contribution >= 4 is 29.7 Å². The van der Waals surface area contributed by atoms with Crippen molar-refractivity contribution in [2.45, 2.75) is 37.6 Å². The van der Waals surface area contributed by atoms with Crippen LogP contribution in [0.5, 0.6) is 0 Å². The highest BCUT2D eigenvalue weighted by atomic mass is 16.6. The molecule has 2 aromatic rings. The Balaban J connectivity index is 1.39. The zero-order valence-corrected chi connectivity index (χ0v) is 23.4. The topological polar surface area (TPSA) is 171 Å². The third kappa shape index (κ3) is 6.10. The molecule has 1 atom stereocenters. The predicted molar refractivity (Wildman–Crippen MR) is 150 cm³/mol. The molecule has 42 heavy (non-hydrogen) atoms. The molecule has 0 saturated carbocycles. The fourth-order valence-electron chi connectivity index (χ4n) is 5.63. The summed E-state index contributed by atoms with van der Waals surface area (Å²) < 4.78 is 5.15. The number of urea groups is 2. The maximum absolute atomic E-state index is 13.2. The van der Waals surface area contributed by atoms with Crippen molar-refractivity contribution in [1.29, 1.82) is 0 Å². The smallest absolute Gasteiger partial charge is 0.335 e. The molecule has 1 fully saturated rings. The Labute approximate surface area is 242 Å². The van der Waals surface area contributed by atoms with Crippen LogP contribution in [-0.2, 0) is 19.7 Å². The Morgan fingerprint density at radius 3 is 2.33 bits per heavy atom. The lowest BCUT2D eigenvalue weighted by Crippen LogP contribution is -2.54. The monoisotopic (exact) mass is 579 g/mol. The van der Waals surface area contributed by atoms with Crippen LogP contribution in [0, 0.1) is 10.1 Å². The average Bonchev–Trinajstić information content (AvgIpc) is 2.99. The molecular weight excluding hydrogens is 546 g/mol. The third-order valence-electron chi connectivity index (χ3n) is 7.86. The van der Waals surface area contributed by atoms with E-state index in [1.807, 2.05) is 30.3 Å². The highest BCUT2D eigenvalue weighted by molar-refractivity contribution is 6.01. The molecule has 0 aliphatic carbocycles. The van der Waals surface area contributed by atoms with E-state index in [2.05, 4.69) is 15.5 Å². The Kier molecular flexibility index (Phi) is 9.21. The van der Waals surface area contributed by atoms with Crippen LogP contribution in [-0.4, -0.2) is 77.1 Å². The quantitative estimate of drug-likeness (QED) is 0.174. The number of carboxylic acid groups (broad SMARTS) is 1. The summed E-state index contributed by atoms with van der Waals surface area (Å²) in [6.07, 6.45) is 1.72. The molecule has 0 aromatic heterocycles. The molecule has 1 unspecified atom stereocenters. The lowest BCUT2D eigenvalue weighted by molar-refractivity contribution is -0.384. The van der Waals surface area contributed by atoms with E-state index in [4.69, 9.17) is 4.74 Å². The van der Waals surface area contributed by atoms with E-state index in [0.717, 1.165) is 10.5 Å². The van der Waals surface area contributed by atoms with Crippen molar-refractivity contribution in [2.24, 2.45) is 0 Å². The zero-order valence-electron chi connectivity index (χ0n) is 23.4. The van der Waals surface area contributed by atoms with Gasteiger partial charge in [0.25, 0.3) is 5.69 Å². The highest BCUT2D eigenvalue weighted by Crippen LogP contribution is 2.37. The van der Waals surface area contributed by atoms with E-state index in [9.17, 15) is 34.4 Å². The molecule has 2 heterocycles. The van der Waals surface area contributed by atoms with Gasteiger partial charge in [0.05, 0.1) is 23.0 Å². The first-order valence-electron chi connectivity index (χ1n) is 13.5. The van der Waals surface area contributed by atoms with Crippen LogP contribution in [0.2, 0.25) is 0 Å². The van der Waals surface area contributed by atoms with E-state index in [0.29, 0.717) is 38.9 Å².